The van der Waals surface area contributed by atoms with E-state index in [1.54, 1.807) is 12.1 Å². The summed E-state index contributed by atoms with van der Waals surface area (Å²) in [6, 6.07) is 6.40. The van der Waals surface area contributed by atoms with Gasteiger partial charge in [-0.2, -0.15) is 5.10 Å². The highest BCUT2D eigenvalue weighted by molar-refractivity contribution is 5.94. The van der Waals surface area contributed by atoms with Gasteiger partial charge >= 0.3 is 0 Å². The molecule has 0 bridgehead atoms. The summed E-state index contributed by atoms with van der Waals surface area (Å²) in [5.74, 6) is -0.374. The van der Waals surface area contributed by atoms with Gasteiger partial charge in [-0.25, -0.2) is 9.07 Å². The Bertz CT molecular complexity index is 721. The van der Waals surface area contributed by atoms with Gasteiger partial charge in [-0.15, -0.1) is 0 Å². The van der Waals surface area contributed by atoms with Crippen molar-refractivity contribution >= 4 is 5.91 Å². The molecular formula is C19H24FN3O. The first-order valence-electron chi connectivity index (χ1n) is 8.77. The Morgan fingerprint density at radius 3 is 2.71 bits per heavy atom. The molecule has 1 amide bonds. The van der Waals surface area contributed by atoms with E-state index in [9.17, 15) is 9.18 Å². The van der Waals surface area contributed by atoms with E-state index in [1.807, 2.05) is 11.6 Å². The van der Waals surface area contributed by atoms with Crippen molar-refractivity contribution in [1.82, 2.24) is 15.1 Å². The SMILES string of the molecule is CCC[C@@H](C)NC(=O)c1nn(-c2ccc(F)cc2)c2c1CCCC2. The van der Waals surface area contributed by atoms with Gasteiger partial charge in [0.05, 0.1) is 5.69 Å². The maximum atomic E-state index is 13.2. The van der Waals surface area contributed by atoms with Crippen molar-refractivity contribution in [3.05, 3.63) is 47.0 Å². The van der Waals surface area contributed by atoms with Gasteiger partial charge in [-0.05, 0) is 63.3 Å². The molecule has 1 aromatic carbocycles. The molecule has 0 aliphatic heterocycles. The minimum absolute atomic E-state index is 0.102. The summed E-state index contributed by atoms with van der Waals surface area (Å²) in [6.07, 6.45) is 5.93. The molecule has 1 N–H and O–H groups in total. The molecule has 1 atom stereocenters. The summed E-state index contributed by atoms with van der Waals surface area (Å²) in [5, 5.41) is 7.63. The summed E-state index contributed by atoms with van der Waals surface area (Å²) < 4.78 is 15.0. The fraction of sp³-hybridized carbons (Fsp3) is 0.474. The van der Waals surface area contributed by atoms with Gasteiger partial charge in [-0.1, -0.05) is 13.3 Å². The minimum atomic E-state index is -0.272. The van der Waals surface area contributed by atoms with E-state index in [2.05, 4.69) is 17.3 Å². The number of fused-ring (bicyclic) bond motifs is 1. The smallest absolute Gasteiger partial charge is 0.272 e. The first kappa shape index (κ1) is 16.7. The fourth-order valence-electron chi connectivity index (χ4n) is 3.37. The molecule has 4 nitrogen and oxygen atoms in total. The van der Waals surface area contributed by atoms with Gasteiger partial charge in [0.2, 0.25) is 0 Å². The molecule has 128 valence electrons. The van der Waals surface area contributed by atoms with E-state index >= 15 is 0 Å². The second-order valence-electron chi connectivity index (χ2n) is 6.53. The van der Waals surface area contributed by atoms with Crippen LogP contribution in [-0.2, 0) is 12.8 Å². The molecule has 0 radical (unpaired) electrons. The molecule has 0 saturated heterocycles. The highest BCUT2D eigenvalue weighted by Crippen LogP contribution is 2.27. The van der Waals surface area contributed by atoms with E-state index < -0.39 is 0 Å². The molecule has 0 saturated carbocycles. The van der Waals surface area contributed by atoms with Crippen LogP contribution >= 0.6 is 0 Å². The molecule has 2 aromatic rings. The Labute approximate surface area is 142 Å². The van der Waals surface area contributed by atoms with Crippen LogP contribution in [0.2, 0.25) is 0 Å². The Morgan fingerprint density at radius 1 is 1.29 bits per heavy atom. The molecule has 3 rings (SSSR count). The van der Waals surface area contributed by atoms with Crippen LogP contribution in [0.5, 0.6) is 0 Å². The van der Waals surface area contributed by atoms with Crippen LogP contribution < -0.4 is 5.32 Å². The normalized spacial score (nSPS) is 15.0. The molecule has 0 spiro atoms. The number of amides is 1. The lowest BCUT2D eigenvalue weighted by molar-refractivity contribution is 0.0932. The van der Waals surface area contributed by atoms with Crippen LogP contribution in [0, 0.1) is 5.82 Å². The van der Waals surface area contributed by atoms with Gasteiger partial charge in [0.1, 0.15) is 5.82 Å². The molecule has 1 heterocycles. The molecule has 5 heteroatoms. The van der Waals surface area contributed by atoms with Gasteiger partial charge in [0.25, 0.3) is 5.91 Å². The maximum Gasteiger partial charge on any atom is 0.272 e. The van der Waals surface area contributed by atoms with Crippen molar-refractivity contribution in [1.29, 1.82) is 0 Å². The first-order chi connectivity index (χ1) is 11.6. The number of carbonyl (C=O) groups excluding carboxylic acids is 1. The number of halogens is 1. The largest absolute Gasteiger partial charge is 0.348 e. The van der Waals surface area contributed by atoms with Gasteiger partial charge in [-0.3, -0.25) is 4.79 Å². The Morgan fingerprint density at radius 2 is 2.00 bits per heavy atom. The van der Waals surface area contributed by atoms with Crippen molar-refractivity contribution < 1.29 is 9.18 Å². The fourth-order valence-corrected chi connectivity index (χ4v) is 3.37. The lowest BCUT2D eigenvalue weighted by Crippen LogP contribution is -2.33. The van der Waals surface area contributed by atoms with E-state index in [0.29, 0.717) is 5.69 Å². The Balaban J connectivity index is 1.95. The average Bonchev–Trinajstić information content (AvgIpc) is 2.95. The summed E-state index contributed by atoms with van der Waals surface area (Å²) in [7, 11) is 0. The lowest BCUT2D eigenvalue weighted by atomic mass is 9.95. The predicted molar refractivity (Wildman–Crippen MR) is 92.0 cm³/mol. The summed E-state index contributed by atoms with van der Waals surface area (Å²) in [5.41, 5.74) is 3.46. The second kappa shape index (κ2) is 7.16. The third kappa shape index (κ3) is 3.35. The van der Waals surface area contributed by atoms with Gasteiger partial charge in [0.15, 0.2) is 5.69 Å². The zero-order valence-corrected chi connectivity index (χ0v) is 14.3. The van der Waals surface area contributed by atoms with E-state index in [4.69, 9.17) is 0 Å². The maximum absolute atomic E-state index is 13.2. The zero-order chi connectivity index (χ0) is 17.1. The number of aromatic nitrogens is 2. The average molecular weight is 329 g/mol. The van der Waals surface area contributed by atoms with Crippen molar-refractivity contribution in [3.8, 4) is 5.69 Å². The van der Waals surface area contributed by atoms with Crippen LogP contribution in [0.4, 0.5) is 4.39 Å². The third-order valence-electron chi connectivity index (χ3n) is 4.57. The van der Waals surface area contributed by atoms with E-state index in [0.717, 1.165) is 55.5 Å². The summed E-state index contributed by atoms with van der Waals surface area (Å²) in [4.78, 5) is 12.7. The van der Waals surface area contributed by atoms with Crippen molar-refractivity contribution in [2.45, 2.75) is 58.4 Å². The van der Waals surface area contributed by atoms with Gasteiger partial charge in [0, 0.05) is 17.3 Å². The van der Waals surface area contributed by atoms with E-state index in [1.165, 1.54) is 12.1 Å². The monoisotopic (exact) mass is 329 g/mol. The molecular weight excluding hydrogens is 305 g/mol. The summed E-state index contributed by atoms with van der Waals surface area (Å²) >= 11 is 0. The van der Waals surface area contributed by atoms with Crippen LogP contribution in [0.25, 0.3) is 5.69 Å². The van der Waals surface area contributed by atoms with Crippen LogP contribution in [0.15, 0.2) is 24.3 Å². The number of carbonyl (C=O) groups is 1. The number of rotatable bonds is 5. The van der Waals surface area contributed by atoms with Crippen LogP contribution in [0.1, 0.15) is 61.3 Å². The van der Waals surface area contributed by atoms with Crippen molar-refractivity contribution in [3.63, 3.8) is 0 Å². The van der Waals surface area contributed by atoms with Gasteiger partial charge < -0.3 is 5.32 Å². The number of nitrogens with zero attached hydrogens (tertiary/aromatic N) is 2. The highest BCUT2D eigenvalue weighted by atomic mass is 19.1. The number of hydrogen-bond donors (Lipinski definition) is 1. The molecule has 0 fully saturated rings. The highest BCUT2D eigenvalue weighted by Gasteiger charge is 2.26. The molecule has 1 aliphatic carbocycles. The summed E-state index contributed by atoms with van der Waals surface area (Å²) in [6.45, 7) is 4.12. The number of benzene rings is 1. The second-order valence-corrected chi connectivity index (χ2v) is 6.53. The van der Waals surface area contributed by atoms with E-state index in [-0.39, 0.29) is 17.8 Å². The Kier molecular flexibility index (Phi) is 4.97. The molecule has 0 unspecified atom stereocenters. The van der Waals surface area contributed by atoms with Crippen molar-refractivity contribution in [2.75, 3.05) is 0 Å². The predicted octanol–water partition coefficient (Wildman–Crippen LogP) is 3.81. The van der Waals surface area contributed by atoms with Crippen LogP contribution in [0.3, 0.4) is 0 Å². The van der Waals surface area contributed by atoms with Crippen molar-refractivity contribution in [2.24, 2.45) is 0 Å². The molecule has 24 heavy (non-hydrogen) atoms. The first-order valence-corrected chi connectivity index (χ1v) is 8.77. The topological polar surface area (TPSA) is 46.9 Å². The van der Waals surface area contributed by atoms with Crippen LogP contribution in [-0.4, -0.2) is 21.7 Å². The minimum Gasteiger partial charge on any atom is -0.348 e. The standard InChI is InChI=1S/C19H24FN3O/c1-3-6-13(2)21-19(24)18-16-7-4-5-8-17(16)23(22-18)15-11-9-14(20)10-12-15/h9-13H,3-8H2,1-2H3,(H,21,24)/t13-/m1/s1. The molecule has 1 aromatic heterocycles. The lowest BCUT2D eigenvalue weighted by Gasteiger charge is -2.15. The number of hydrogen-bond acceptors (Lipinski definition) is 2. The quantitative estimate of drug-likeness (QED) is 0.907. The number of nitrogens with one attached hydrogen (secondary N) is 1. The zero-order valence-electron chi connectivity index (χ0n) is 14.3. The third-order valence-corrected chi connectivity index (χ3v) is 4.57. The molecule has 1 aliphatic rings. The Hall–Kier alpha value is -2.17.